The molecule has 1 nitrogen and oxygen atoms in total. The summed E-state index contributed by atoms with van der Waals surface area (Å²) in [6.07, 6.45) is 6.77. The molecule has 2 atom stereocenters. The van der Waals surface area contributed by atoms with Gasteiger partial charge in [0, 0.05) is 6.04 Å². The Balaban J connectivity index is 2.09. The molecule has 1 N–H and O–H groups in total. The van der Waals surface area contributed by atoms with Crippen LogP contribution in [0.25, 0.3) is 0 Å². The molecule has 2 unspecified atom stereocenters. The van der Waals surface area contributed by atoms with Crippen LogP contribution in [0.4, 0.5) is 0 Å². The first-order valence-corrected chi connectivity index (χ1v) is 8.88. The van der Waals surface area contributed by atoms with Crippen LogP contribution in [-0.2, 0) is 6.42 Å². The zero-order valence-corrected chi connectivity index (χ0v) is 14.4. The van der Waals surface area contributed by atoms with Crippen LogP contribution in [0.5, 0.6) is 0 Å². The molecule has 1 aliphatic rings. The molecule has 0 spiro atoms. The quantitative estimate of drug-likeness (QED) is 0.762. The first-order chi connectivity index (χ1) is 10.1. The van der Waals surface area contributed by atoms with E-state index >= 15 is 0 Å². The predicted octanol–water partition coefficient (Wildman–Crippen LogP) is 5.16. The molecule has 21 heavy (non-hydrogen) atoms. The standard InChI is InChI=1S/C20H33N/c1-15(2)12-17-8-7-10-18(13-17)20-11-6-5-9-19(20)14-21-16(3)4/h7-8,10,13,15-16,19-21H,5-6,9,11-12,14H2,1-4H3. The van der Waals surface area contributed by atoms with Crippen LogP contribution < -0.4 is 5.32 Å². The normalized spacial score (nSPS) is 23.0. The Kier molecular flexibility index (Phi) is 6.29. The van der Waals surface area contributed by atoms with Crippen LogP contribution in [0.15, 0.2) is 24.3 Å². The minimum Gasteiger partial charge on any atom is -0.314 e. The number of hydrogen-bond acceptors (Lipinski definition) is 1. The zero-order chi connectivity index (χ0) is 15.2. The maximum atomic E-state index is 3.66. The third-order valence-electron chi connectivity index (χ3n) is 4.72. The van der Waals surface area contributed by atoms with Crippen molar-refractivity contribution in [1.82, 2.24) is 5.32 Å². The molecule has 1 heteroatoms. The summed E-state index contributed by atoms with van der Waals surface area (Å²) in [7, 11) is 0. The lowest BCUT2D eigenvalue weighted by Crippen LogP contribution is -2.33. The Morgan fingerprint density at radius 1 is 1.10 bits per heavy atom. The molecule has 1 aromatic rings. The topological polar surface area (TPSA) is 12.0 Å². The highest BCUT2D eigenvalue weighted by Gasteiger charge is 2.26. The van der Waals surface area contributed by atoms with E-state index in [4.69, 9.17) is 0 Å². The molecule has 118 valence electrons. The second-order valence-electron chi connectivity index (χ2n) is 7.56. The van der Waals surface area contributed by atoms with Crippen molar-refractivity contribution < 1.29 is 0 Å². The molecular formula is C20H33N. The van der Waals surface area contributed by atoms with Gasteiger partial charge in [-0.15, -0.1) is 0 Å². The third-order valence-corrected chi connectivity index (χ3v) is 4.72. The van der Waals surface area contributed by atoms with Crippen molar-refractivity contribution in [2.75, 3.05) is 6.54 Å². The van der Waals surface area contributed by atoms with Crippen molar-refractivity contribution in [2.45, 2.75) is 71.8 Å². The second kappa shape index (κ2) is 7.98. The van der Waals surface area contributed by atoms with E-state index < -0.39 is 0 Å². The molecule has 0 radical (unpaired) electrons. The Hall–Kier alpha value is -0.820. The lowest BCUT2D eigenvalue weighted by molar-refractivity contribution is 0.289. The zero-order valence-electron chi connectivity index (χ0n) is 14.4. The fourth-order valence-electron chi connectivity index (χ4n) is 3.70. The van der Waals surface area contributed by atoms with E-state index in [-0.39, 0.29) is 0 Å². The highest BCUT2D eigenvalue weighted by Crippen LogP contribution is 2.37. The van der Waals surface area contributed by atoms with Crippen LogP contribution in [0.1, 0.15) is 70.4 Å². The lowest BCUT2D eigenvalue weighted by atomic mass is 9.75. The second-order valence-corrected chi connectivity index (χ2v) is 7.56. The summed E-state index contributed by atoms with van der Waals surface area (Å²) in [4.78, 5) is 0. The smallest absolute Gasteiger partial charge is 0.00104 e. The number of rotatable bonds is 6. The van der Waals surface area contributed by atoms with Crippen molar-refractivity contribution in [2.24, 2.45) is 11.8 Å². The van der Waals surface area contributed by atoms with E-state index in [0.717, 1.165) is 17.8 Å². The van der Waals surface area contributed by atoms with Crippen molar-refractivity contribution in [1.29, 1.82) is 0 Å². The highest BCUT2D eigenvalue weighted by molar-refractivity contribution is 5.27. The predicted molar refractivity (Wildman–Crippen MR) is 92.8 cm³/mol. The molecular weight excluding hydrogens is 254 g/mol. The average molecular weight is 287 g/mol. The molecule has 1 fully saturated rings. The van der Waals surface area contributed by atoms with Gasteiger partial charge in [0.05, 0.1) is 0 Å². The molecule has 0 saturated heterocycles. The average Bonchev–Trinajstić information content (AvgIpc) is 2.45. The van der Waals surface area contributed by atoms with Crippen LogP contribution in [0.2, 0.25) is 0 Å². The monoisotopic (exact) mass is 287 g/mol. The summed E-state index contributed by atoms with van der Waals surface area (Å²) >= 11 is 0. The van der Waals surface area contributed by atoms with Gasteiger partial charge in [0.15, 0.2) is 0 Å². The molecule has 0 amide bonds. The molecule has 0 heterocycles. The first kappa shape index (κ1) is 16.5. The first-order valence-electron chi connectivity index (χ1n) is 8.88. The van der Waals surface area contributed by atoms with Crippen molar-refractivity contribution >= 4 is 0 Å². The SMILES string of the molecule is CC(C)Cc1cccc(C2CCCCC2CNC(C)C)c1. The van der Waals surface area contributed by atoms with Gasteiger partial charge in [-0.3, -0.25) is 0 Å². The molecule has 1 aromatic carbocycles. The minimum absolute atomic E-state index is 0.597. The van der Waals surface area contributed by atoms with E-state index in [1.807, 2.05) is 0 Å². The summed E-state index contributed by atoms with van der Waals surface area (Å²) in [5.74, 6) is 2.32. The van der Waals surface area contributed by atoms with E-state index in [1.165, 1.54) is 44.2 Å². The number of hydrogen-bond donors (Lipinski definition) is 1. The summed E-state index contributed by atoms with van der Waals surface area (Å²) in [5.41, 5.74) is 3.10. The Bertz CT molecular complexity index is 422. The lowest BCUT2D eigenvalue weighted by Gasteiger charge is -2.33. The fourth-order valence-corrected chi connectivity index (χ4v) is 3.70. The van der Waals surface area contributed by atoms with Gasteiger partial charge in [0.1, 0.15) is 0 Å². The Morgan fingerprint density at radius 3 is 2.57 bits per heavy atom. The number of benzene rings is 1. The van der Waals surface area contributed by atoms with Gasteiger partial charge in [0.2, 0.25) is 0 Å². The summed E-state index contributed by atoms with van der Waals surface area (Å²) in [5, 5.41) is 3.66. The van der Waals surface area contributed by atoms with E-state index in [2.05, 4.69) is 57.3 Å². The van der Waals surface area contributed by atoms with Gasteiger partial charge in [-0.2, -0.15) is 0 Å². The van der Waals surface area contributed by atoms with E-state index in [0.29, 0.717) is 6.04 Å². The molecule has 1 saturated carbocycles. The molecule has 0 aromatic heterocycles. The van der Waals surface area contributed by atoms with Crippen molar-refractivity contribution in [3.8, 4) is 0 Å². The highest BCUT2D eigenvalue weighted by atomic mass is 14.9. The third kappa shape index (κ3) is 5.14. The molecule has 2 rings (SSSR count). The van der Waals surface area contributed by atoms with Gasteiger partial charge in [-0.05, 0) is 54.7 Å². The minimum atomic E-state index is 0.597. The Morgan fingerprint density at radius 2 is 1.86 bits per heavy atom. The number of nitrogens with one attached hydrogen (secondary N) is 1. The van der Waals surface area contributed by atoms with Crippen LogP contribution in [0, 0.1) is 11.8 Å². The maximum Gasteiger partial charge on any atom is 0.00104 e. The maximum absolute atomic E-state index is 3.66. The molecule has 0 bridgehead atoms. The fraction of sp³-hybridized carbons (Fsp3) is 0.700. The van der Waals surface area contributed by atoms with E-state index in [1.54, 1.807) is 5.56 Å². The Labute approximate surface area is 131 Å². The molecule has 0 aliphatic heterocycles. The van der Waals surface area contributed by atoms with Gasteiger partial charge in [0.25, 0.3) is 0 Å². The van der Waals surface area contributed by atoms with Crippen LogP contribution >= 0.6 is 0 Å². The summed E-state index contributed by atoms with van der Waals surface area (Å²) < 4.78 is 0. The van der Waals surface area contributed by atoms with Crippen LogP contribution in [-0.4, -0.2) is 12.6 Å². The molecule has 1 aliphatic carbocycles. The van der Waals surface area contributed by atoms with E-state index in [9.17, 15) is 0 Å². The summed E-state index contributed by atoms with van der Waals surface area (Å²) in [6, 6.07) is 10.0. The van der Waals surface area contributed by atoms with Gasteiger partial charge < -0.3 is 5.32 Å². The van der Waals surface area contributed by atoms with Gasteiger partial charge in [-0.1, -0.05) is 64.8 Å². The van der Waals surface area contributed by atoms with Crippen molar-refractivity contribution in [3.63, 3.8) is 0 Å². The summed E-state index contributed by atoms with van der Waals surface area (Å²) in [6.45, 7) is 10.3. The van der Waals surface area contributed by atoms with Gasteiger partial charge >= 0.3 is 0 Å². The van der Waals surface area contributed by atoms with Gasteiger partial charge in [-0.25, -0.2) is 0 Å². The van der Waals surface area contributed by atoms with Crippen LogP contribution in [0.3, 0.4) is 0 Å². The van der Waals surface area contributed by atoms with Crippen molar-refractivity contribution in [3.05, 3.63) is 35.4 Å². The largest absolute Gasteiger partial charge is 0.314 e.